The van der Waals surface area contributed by atoms with Crippen molar-refractivity contribution in [1.29, 1.82) is 0 Å². The van der Waals surface area contributed by atoms with Gasteiger partial charge in [0.15, 0.2) is 0 Å². The van der Waals surface area contributed by atoms with E-state index in [2.05, 4.69) is 159 Å². The van der Waals surface area contributed by atoms with Gasteiger partial charge in [-0.3, -0.25) is 6.08 Å². The number of fused-ring (bicyclic) bond motifs is 3. The van der Waals surface area contributed by atoms with Crippen molar-refractivity contribution in [2.24, 2.45) is 0 Å². The number of halogens is 2. The number of hydrogen-bond donors (Lipinski definition) is 0. The van der Waals surface area contributed by atoms with Crippen LogP contribution in [0.25, 0.3) is 21.5 Å². The van der Waals surface area contributed by atoms with Gasteiger partial charge in [-0.25, -0.2) is 12.2 Å². The van der Waals surface area contributed by atoms with Crippen LogP contribution in [0.3, 0.4) is 0 Å². The van der Waals surface area contributed by atoms with Crippen LogP contribution in [0, 0.1) is 6.08 Å². The maximum atomic E-state index is 2.99. The minimum absolute atomic E-state index is 0. The van der Waals surface area contributed by atoms with Gasteiger partial charge in [-0.2, -0.15) is 6.08 Å². The van der Waals surface area contributed by atoms with E-state index in [1.54, 1.807) is 0 Å². The standard InChI is InChI=1S/C21H25.C21H26.C5H5.2ClH.Zr/c1-20(2,3)16-7-9-18-14(12-16)11-15-13-17(21(4,5)6)8-10-19(15)18;1-3-5-7-18-9-13-20(14-10-18)17-21-15-11-19(12-16-21)8-6-4-2;1-2-4-5-3-1;;;/h7-13H,1-6H3;9-16H,3-8H2,1-2H3;1-3H,4H2;2*1H;/q-1;;-1;;;+2/p-2. The molecule has 0 spiro atoms. The average molecular weight is 783 g/mol. The zero-order valence-electron chi connectivity index (χ0n) is 31.6. The SMILES string of the molecule is CC(C)(C)c1ccc2c(c1)[cH-]c1cc(C(C)(C)C)ccc12.CCCCc1ccc([C](=[Zr+2])c2ccc(CCCC)cc2)cc1.[C-]1=CC=CC1.[Cl-].[Cl-]. The summed E-state index contributed by atoms with van der Waals surface area (Å²) >= 11 is 1.48. The van der Waals surface area contributed by atoms with E-state index in [4.69, 9.17) is 0 Å². The van der Waals surface area contributed by atoms with Crippen LogP contribution in [0.4, 0.5) is 0 Å². The van der Waals surface area contributed by atoms with Crippen molar-refractivity contribution in [2.75, 3.05) is 0 Å². The van der Waals surface area contributed by atoms with E-state index < -0.39 is 0 Å². The van der Waals surface area contributed by atoms with Crippen LogP contribution in [0.5, 0.6) is 0 Å². The van der Waals surface area contributed by atoms with Crippen molar-refractivity contribution in [3.63, 3.8) is 0 Å². The van der Waals surface area contributed by atoms with Crippen LogP contribution in [0.1, 0.15) is 121 Å². The number of hydrogen-bond acceptors (Lipinski definition) is 0. The van der Waals surface area contributed by atoms with E-state index >= 15 is 0 Å². The fourth-order valence-corrected chi connectivity index (χ4v) is 6.72. The molecular weight excluding hydrogens is 727 g/mol. The Morgan fingerprint density at radius 1 is 0.640 bits per heavy atom. The van der Waals surface area contributed by atoms with Gasteiger partial charge in [0.05, 0.1) is 0 Å². The Balaban J connectivity index is 0.000000293. The first-order chi connectivity index (χ1) is 22.9. The molecule has 0 heterocycles. The summed E-state index contributed by atoms with van der Waals surface area (Å²) in [6, 6.07) is 34.5. The minimum Gasteiger partial charge on any atom is -1.00 e. The molecule has 5 aromatic rings. The zero-order valence-corrected chi connectivity index (χ0v) is 35.6. The van der Waals surface area contributed by atoms with Crippen molar-refractivity contribution in [3.8, 4) is 0 Å². The largest absolute Gasteiger partial charge is 1.00 e. The summed E-state index contributed by atoms with van der Waals surface area (Å²) in [5.74, 6) is 0. The maximum Gasteiger partial charge on any atom is -0.109 e. The molecule has 1 aliphatic carbocycles. The van der Waals surface area contributed by atoms with Gasteiger partial charge in [-0.05, 0) is 10.8 Å². The minimum atomic E-state index is 0. The van der Waals surface area contributed by atoms with Gasteiger partial charge >= 0.3 is 151 Å². The quantitative estimate of drug-likeness (QED) is 0.148. The van der Waals surface area contributed by atoms with Crippen LogP contribution < -0.4 is 24.8 Å². The van der Waals surface area contributed by atoms with Crippen molar-refractivity contribution < 1.29 is 49.0 Å². The van der Waals surface area contributed by atoms with Gasteiger partial charge < -0.3 is 24.8 Å². The Hall–Kier alpha value is -2.44. The molecule has 0 radical (unpaired) electrons. The number of unbranched alkanes of at least 4 members (excludes halogenated alkanes) is 2. The second-order valence-electron chi connectivity index (χ2n) is 15.2. The van der Waals surface area contributed by atoms with E-state index in [0.717, 1.165) is 6.42 Å². The molecule has 0 amide bonds. The normalized spacial score (nSPS) is 12.0. The zero-order chi connectivity index (χ0) is 34.7. The number of benzene rings is 4. The Morgan fingerprint density at radius 3 is 1.36 bits per heavy atom. The Morgan fingerprint density at radius 2 is 1.06 bits per heavy atom. The predicted molar refractivity (Wildman–Crippen MR) is 209 cm³/mol. The van der Waals surface area contributed by atoms with E-state index in [1.165, 1.54) is 121 Å². The molecule has 1 aliphatic rings. The molecule has 0 fully saturated rings. The van der Waals surface area contributed by atoms with E-state index in [1.807, 2.05) is 12.2 Å². The third kappa shape index (κ3) is 12.7. The van der Waals surface area contributed by atoms with E-state index in [-0.39, 0.29) is 35.6 Å². The predicted octanol–water partition coefficient (Wildman–Crippen LogP) is 7.11. The smallest absolute Gasteiger partial charge is 0.109 e. The molecule has 0 nitrogen and oxygen atoms in total. The molecular formula is C47H56Cl2Zr-2. The number of rotatable bonds is 8. The van der Waals surface area contributed by atoms with E-state index in [9.17, 15) is 0 Å². The van der Waals surface area contributed by atoms with Crippen molar-refractivity contribution in [3.05, 3.63) is 149 Å². The average Bonchev–Trinajstić information content (AvgIpc) is 3.78. The van der Waals surface area contributed by atoms with Crippen LogP contribution in [0.2, 0.25) is 0 Å². The Bertz CT molecular complexity index is 1690. The number of allylic oxidation sites excluding steroid dienone is 4. The van der Waals surface area contributed by atoms with Crippen molar-refractivity contribution >= 4 is 24.8 Å². The monoisotopic (exact) mass is 780 g/mol. The van der Waals surface area contributed by atoms with Gasteiger partial charge in [0.25, 0.3) is 0 Å². The topological polar surface area (TPSA) is 0 Å². The second-order valence-corrected chi connectivity index (χ2v) is 16.5. The first-order valence-corrected chi connectivity index (χ1v) is 19.3. The molecule has 50 heavy (non-hydrogen) atoms. The summed E-state index contributed by atoms with van der Waals surface area (Å²) in [5.41, 5.74) is 8.89. The Labute approximate surface area is 331 Å². The van der Waals surface area contributed by atoms with E-state index in [0.29, 0.717) is 0 Å². The molecule has 5 aromatic carbocycles. The molecule has 3 heteroatoms. The molecule has 0 aliphatic heterocycles. The summed E-state index contributed by atoms with van der Waals surface area (Å²) in [6.07, 6.45) is 17.5. The van der Waals surface area contributed by atoms with Gasteiger partial charge in [0.1, 0.15) is 0 Å². The van der Waals surface area contributed by atoms with Gasteiger partial charge in [-0.15, -0.1) is 46.2 Å². The first kappa shape index (κ1) is 43.7. The van der Waals surface area contributed by atoms with Gasteiger partial charge in [-0.1, -0.05) is 76.9 Å². The van der Waals surface area contributed by atoms with Crippen LogP contribution >= 0.6 is 0 Å². The maximum absolute atomic E-state index is 2.99. The second kappa shape index (κ2) is 20.6. The first-order valence-electron chi connectivity index (χ1n) is 18.0. The van der Waals surface area contributed by atoms with Crippen LogP contribution in [-0.2, 0) is 47.9 Å². The fraction of sp³-hybridized carbons (Fsp3) is 0.362. The van der Waals surface area contributed by atoms with Gasteiger partial charge in [0.2, 0.25) is 0 Å². The number of aryl methyl sites for hydroxylation is 2. The molecule has 0 atom stereocenters. The summed E-state index contributed by atoms with van der Waals surface area (Å²) in [5, 5.41) is 5.48. The summed E-state index contributed by atoms with van der Waals surface area (Å²) in [6.45, 7) is 18.1. The van der Waals surface area contributed by atoms with Crippen LogP contribution in [0.15, 0.2) is 109 Å². The van der Waals surface area contributed by atoms with Crippen molar-refractivity contribution in [2.45, 2.75) is 111 Å². The van der Waals surface area contributed by atoms with Gasteiger partial charge in [0, 0.05) is 0 Å². The third-order valence-corrected chi connectivity index (χ3v) is 10.6. The third-order valence-electron chi connectivity index (χ3n) is 9.15. The summed E-state index contributed by atoms with van der Waals surface area (Å²) in [7, 11) is 0. The van der Waals surface area contributed by atoms with Crippen LogP contribution in [-0.4, -0.2) is 3.21 Å². The molecule has 0 bridgehead atoms. The molecule has 0 saturated heterocycles. The summed E-state index contributed by atoms with van der Waals surface area (Å²) < 4.78 is 1.45. The van der Waals surface area contributed by atoms with Crippen molar-refractivity contribution in [1.82, 2.24) is 0 Å². The molecule has 264 valence electrons. The molecule has 0 saturated carbocycles. The summed E-state index contributed by atoms with van der Waals surface area (Å²) in [4.78, 5) is 0. The molecule has 6 rings (SSSR count). The molecule has 0 N–H and O–H groups in total. The molecule has 0 aromatic heterocycles. The fourth-order valence-electron chi connectivity index (χ4n) is 5.90. The Kier molecular flexibility index (Phi) is 18.0. The molecule has 0 unspecified atom stereocenters.